The summed E-state index contributed by atoms with van der Waals surface area (Å²) in [6.45, 7) is 0.971. The molecule has 0 spiro atoms. The first kappa shape index (κ1) is 7.51. The Morgan fingerprint density at radius 1 is 1.54 bits per heavy atom. The molecule has 2 atom stereocenters. The Bertz CT molecular complexity index is 320. The molecule has 2 aliphatic rings. The topological polar surface area (TPSA) is 25.4 Å². The van der Waals surface area contributed by atoms with Crippen molar-refractivity contribution in [3.05, 3.63) is 29.6 Å². The van der Waals surface area contributed by atoms with E-state index in [0.717, 1.165) is 6.61 Å². The summed E-state index contributed by atoms with van der Waals surface area (Å²) in [5.41, 5.74) is 2.78. The van der Waals surface area contributed by atoms with E-state index < -0.39 is 0 Å². The number of epoxide rings is 1. The third-order valence-corrected chi connectivity index (χ3v) is 3.02. The van der Waals surface area contributed by atoms with Gasteiger partial charge in [-0.15, -0.1) is 0 Å². The summed E-state index contributed by atoms with van der Waals surface area (Å²) in [5, 5.41) is 0. The molecule has 3 rings (SSSR count). The second kappa shape index (κ2) is 2.81. The zero-order valence-corrected chi connectivity index (χ0v) is 7.57. The highest BCUT2D eigenvalue weighted by molar-refractivity contribution is 5.28. The molecule has 0 N–H and O–H groups in total. The number of fused-ring (bicyclic) bond motifs is 1. The normalized spacial score (nSPS) is 30.2. The fraction of sp³-hybridized carbons (Fsp3) is 0.545. The summed E-state index contributed by atoms with van der Waals surface area (Å²) >= 11 is 0. The van der Waals surface area contributed by atoms with Gasteiger partial charge in [0.1, 0.15) is 0 Å². The van der Waals surface area contributed by atoms with Crippen LogP contribution < -0.4 is 0 Å². The summed E-state index contributed by atoms with van der Waals surface area (Å²) in [6.07, 6.45) is 6.11. The van der Waals surface area contributed by atoms with Crippen molar-refractivity contribution in [2.45, 2.75) is 31.3 Å². The molecular weight excluding hydrogens is 162 g/mol. The summed E-state index contributed by atoms with van der Waals surface area (Å²) in [7, 11) is 0. The average molecular weight is 175 g/mol. The highest BCUT2D eigenvalue weighted by Crippen LogP contribution is 2.36. The van der Waals surface area contributed by atoms with Gasteiger partial charge in [0.2, 0.25) is 0 Å². The lowest BCUT2D eigenvalue weighted by Gasteiger charge is -2.07. The summed E-state index contributed by atoms with van der Waals surface area (Å²) in [5.74, 6) is 0.670. The third-order valence-electron chi connectivity index (χ3n) is 3.02. The smallest absolute Gasteiger partial charge is 0.0816 e. The minimum Gasteiger partial charge on any atom is -0.373 e. The van der Waals surface area contributed by atoms with Crippen LogP contribution in [0.4, 0.5) is 0 Å². The Labute approximate surface area is 77.9 Å². The monoisotopic (exact) mass is 175 g/mol. The second-order valence-corrected chi connectivity index (χ2v) is 3.97. The van der Waals surface area contributed by atoms with Gasteiger partial charge in [-0.05, 0) is 30.9 Å². The summed E-state index contributed by atoms with van der Waals surface area (Å²) in [4.78, 5) is 4.47. The van der Waals surface area contributed by atoms with E-state index in [4.69, 9.17) is 4.74 Å². The van der Waals surface area contributed by atoms with Crippen molar-refractivity contribution in [3.63, 3.8) is 0 Å². The van der Waals surface area contributed by atoms with E-state index in [2.05, 4.69) is 11.1 Å². The second-order valence-electron chi connectivity index (χ2n) is 3.97. The van der Waals surface area contributed by atoms with E-state index in [1.165, 1.54) is 30.5 Å². The molecule has 1 saturated heterocycles. The van der Waals surface area contributed by atoms with E-state index in [1.54, 1.807) is 0 Å². The van der Waals surface area contributed by atoms with Crippen LogP contribution in [-0.2, 0) is 11.2 Å². The first-order valence-electron chi connectivity index (χ1n) is 4.99. The quantitative estimate of drug-likeness (QED) is 0.641. The zero-order valence-electron chi connectivity index (χ0n) is 7.57. The van der Waals surface area contributed by atoms with Crippen LogP contribution in [0.3, 0.4) is 0 Å². The lowest BCUT2D eigenvalue weighted by molar-refractivity contribution is 0.378. The van der Waals surface area contributed by atoms with Crippen LogP contribution in [-0.4, -0.2) is 17.7 Å². The van der Waals surface area contributed by atoms with Crippen LogP contribution in [0.2, 0.25) is 0 Å². The van der Waals surface area contributed by atoms with E-state index in [0.29, 0.717) is 12.0 Å². The van der Waals surface area contributed by atoms with Crippen molar-refractivity contribution in [1.82, 2.24) is 4.98 Å². The average Bonchev–Trinajstić information content (AvgIpc) is 2.88. The molecule has 1 fully saturated rings. The van der Waals surface area contributed by atoms with Crippen molar-refractivity contribution in [2.24, 2.45) is 0 Å². The molecule has 0 bridgehead atoms. The van der Waals surface area contributed by atoms with Gasteiger partial charge in [0, 0.05) is 17.8 Å². The first-order chi connectivity index (χ1) is 6.43. The zero-order chi connectivity index (χ0) is 8.67. The van der Waals surface area contributed by atoms with Gasteiger partial charge in [0.25, 0.3) is 0 Å². The lowest BCUT2D eigenvalue weighted by atomic mass is 10.0. The fourth-order valence-electron chi connectivity index (χ4n) is 2.25. The fourth-order valence-corrected chi connectivity index (χ4v) is 2.25. The highest BCUT2D eigenvalue weighted by Gasteiger charge is 2.31. The number of rotatable bonds is 2. The minimum atomic E-state index is 0.540. The number of aromatic nitrogens is 1. The Hall–Kier alpha value is -0.890. The number of ether oxygens (including phenoxy) is 1. The highest BCUT2D eigenvalue weighted by atomic mass is 16.6. The number of nitrogens with zero attached hydrogens (tertiary/aromatic N) is 1. The van der Waals surface area contributed by atoms with Gasteiger partial charge >= 0.3 is 0 Å². The van der Waals surface area contributed by atoms with Crippen molar-refractivity contribution < 1.29 is 4.74 Å². The van der Waals surface area contributed by atoms with Gasteiger partial charge in [-0.3, -0.25) is 4.98 Å². The largest absolute Gasteiger partial charge is 0.373 e. The maximum atomic E-state index is 5.26. The molecule has 0 aromatic carbocycles. The van der Waals surface area contributed by atoms with Crippen molar-refractivity contribution in [2.75, 3.05) is 6.61 Å². The minimum absolute atomic E-state index is 0.540. The van der Waals surface area contributed by atoms with E-state index in [9.17, 15) is 0 Å². The van der Waals surface area contributed by atoms with Crippen LogP contribution >= 0.6 is 0 Å². The molecule has 13 heavy (non-hydrogen) atoms. The molecule has 2 nitrogen and oxygen atoms in total. The van der Waals surface area contributed by atoms with Gasteiger partial charge in [-0.2, -0.15) is 0 Å². The lowest BCUT2D eigenvalue weighted by Crippen LogP contribution is -2.00. The van der Waals surface area contributed by atoms with Gasteiger partial charge in [0.15, 0.2) is 0 Å². The Morgan fingerprint density at radius 3 is 3.31 bits per heavy atom. The molecule has 0 radical (unpaired) electrons. The maximum absolute atomic E-state index is 5.26. The molecule has 2 heteroatoms. The number of hydrogen-bond acceptors (Lipinski definition) is 2. The van der Waals surface area contributed by atoms with Crippen LogP contribution in [0.15, 0.2) is 18.3 Å². The SMILES string of the molecule is c1cnc2c(c1)CCC2CC1CO1. The molecule has 0 amide bonds. The Morgan fingerprint density at radius 2 is 2.46 bits per heavy atom. The molecule has 2 unspecified atom stereocenters. The Kier molecular flexibility index (Phi) is 1.62. The van der Waals surface area contributed by atoms with E-state index in [1.807, 2.05) is 12.3 Å². The molecule has 68 valence electrons. The van der Waals surface area contributed by atoms with Crippen LogP contribution in [0.1, 0.15) is 30.0 Å². The van der Waals surface area contributed by atoms with E-state index >= 15 is 0 Å². The maximum Gasteiger partial charge on any atom is 0.0816 e. The third kappa shape index (κ3) is 1.35. The molecule has 1 aromatic heterocycles. The van der Waals surface area contributed by atoms with Gasteiger partial charge in [-0.25, -0.2) is 0 Å². The van der Waals surface area contributed by atoms with Crippen molar-refractivity contribution in [3.8, 4) is 0 Å². The summed E-state index contributed by atoms with van der Waals surface area (Å²) < 4.78 is 5.26. The van der Waals surface area contributed by atoms with Crippen LogP contribution in [0.5, 0.6) is 0 Å². The molecular formula is C11H13NO. The Balaban J connectivity index is 1.84. The molecule has 0 saturated carbocycles. The van der Waals surface area contributed by atoms with Crippen molar-refractivity contribution in [1.29, 1.82) is 0 Å². The summed E-state index contributed by atoms with van der Waals surface area (Å²) in [6, 6.07) is 4.24. The van der Waals surface area contributed by atoms with E-state index in [-0.39, 0.29) is 0 Å². The van der Waals surface area contributed by atoms with Crippen LogP contribution in [0, 0.1) is 0 Å². The number of hydrogen-bond donors (Lipinski definition) is 0. The van der Waals surface area contributed by atoms with Crippen molar-refractivity contribution >= 4 is 0 Å². The van der Waals surface area contributed by atoms with Gasteiger partial charge in [-0.1, -0.05) is 6.07 Å². The van der Waals surface area contributed by atoms with Gasteiger partial charge in [0.05, 0.1) is 12.7 Å². The predicted octanol–water partition coefficient (Wildman–Crippen LogP) is 1.90. The number of pyridine rings is 1. The molecule has 1 aliphatic heterocycles. The standard InChI is InChI=1S/C11H13NO/c1-2-8-3-4-9(6-10-7-13-10)11(8)12-5-1/h1-2,5,9-10H,3-4,6-7H2. The predicted molar refractivity (Wildman–Crippen MR) is 49.7 cm³/mol. The van der Waals surface area contributed by atoms with Crippen LogP contribution in [0.25, 0.3) is 0 Å². The molecule has 2 heterocycles. The molecule has 1 aromatic rings. The number of aryl methyl sites for hydroxylation is 1. The van der Waals surface area contributed by atoms with Gasteiger partial charge < -0.3 is 4.74 Å². The first-order valence-corrected chi connectivity index (χ1v) is 4.99. The molecule has 1 aliphatic carbocycles.